The van der Waals surface area contributed by atoms with Gasteiger partial charge in [-0.3, -0.25) is 4.79 Å². The molecule has 0 fully saturated rings. The smallest absolute Gasteiger partial charge is 0.375 e. The largest absolute Gasteiger partial charge is 0.463 e. The molecule has 17 heavy (non-hydrogen) atoms. The highest BCUT2D eigenvalue weighted by Crippen LogP contribution is 2.21. The van der Waals surface area contributed by atoms with E-state index in [2.05, 4.69) is 17.4 Å². The zero-order valence-electron chi connectivity index (χ0n) is 8.69. The third-order valence-electron chi connectivity index (χ3n) is 2.20. The molecule has 0 spiro atoms. The van der Waals surface area contributed by atoms with Gasteiger partial charge in [0.25, 0.3) is 0 Å². The number of halogens is 1. The van der Waals surface area contributed by atoms with Crippen LogP contribution in [0.2, 0.25) is 5.02 Å². The summed E-state index contributed by atoms with van der Waals surface area (Å²) >= 11 is 9.74. The SMILES string of the molecule is COC(=O)c1oc2ccc(Cl)cc2c(=O)c1S. The zero-order chi connectivity index (χ0) is 12.6. The van der Waals surface area contributed by atoms with E-state index < -0.39 is 11.4 Å². The summed E-state index contributed by atoms with van der Waals surface area (Å²) in [5.74, 6) is -0.959. The van der Waals surface area contributed by atoms with Crippen molar-refractivity contribution in [3.8, 4) is 0 Å². The summed E-state index contributed by atoms with van der Waals surface area (Å²) in [5, 5.41) is 0.679. The molecular formula is C11H7ClO4S. The van der Waals surface area contributed by atoms with Gasteiger partial charge in [0, 0.05) is 5.02 Å². The van der Waals surface area contributed by atoms with Crippen LogP contribution in [-0.2, 0) is 4.74 Å². The standard InChI is InChI=1S/C11H7ClO4S/c1-15-11(14)9-10(17)8(13)6-4-5(12)2-3-7(6)16-9/h2-4,17H,1H3. The number of hydrogen-bond donors (Lipinski definition) is 1. The van der Waals surface area contributed by atoms with Gasteiger partial charge in [0.1, 0.15) is 10.5 Å². The normalized spacial score (nSPS) is 10.5. The van der Waals surface area contributed by atoms with Crippen molar-refractivity contribution in [1.82, 2.24) is 0 Å². The first-order valence-corrected chi connectivity index (χ1v) is 5.40. The predicted molar refractivity (Wildman–Crippen MR) is 66.1 cm³/mol. The lowest BCUT2D eigenvalue weighted by Gasteiger charge is -2.04. The van der Waals surface area contributed by atoms with Crippen molar-refractivity contribution in [2.45, 2.75) is 4.90 Å². The molecule has 0 radical (unpaired) electrons. The summed E-state index contributed by atoms with van der Waals surface area (Å²) in [6.45, 7) is 0. The molecule has 0 atom stereocenters. The monoisotopic (exact) mass is 270 g/mol. The van der Waals surface area contributed by atoms with E-state index in [-0.39, 0.29) is 21.6 Å². The Morgan fingerprint density at radius 1 is 1.47 bits per heavy atom. The topological polar surface area (TPSA) is 56.5 Å². The van der Waals surface area contributed by atoms with E-state index in [4.69, 9.17) is 16.0 Å². The second-order valence-electron chi connectivity index (χ2n) is 3.24. The van der Waals surface area contributed by atoms with Gasteiger partial charge in [0.05, 0.1) is 12.5 Å². The van der Waals surface area contributed by atoms with Crippen molar-refractivity contribution in [2.75, 3.05) is 7.11 Å². The van der Waals surface area contributed by atoms with Gasteiger partial charge in [-0.25, -0.2) is 4.79 Å². The molecule has 2 aromatic rings. The molecule has 0 aliphatic carbocycles. The summed E-state index contributed by atoms with van der Waals surface area (Å²) < 4.78 is 9.77. The minimum absolute atomic E-state index is 0.0911. The maximum Gasteiger partial charge on any atom is 0.375 e. The number of fused-ring (bicyclic) bond motifs is 1. The number of hydrogen-bond acceptors (Lipinski definition) is 5. The number of thiol groups is 1. The molecule has 0 N–H and O–H groups in total. The number of benzene rings is 1. The molecular weight excluding hydrogens is 264 g/mol. The van der Waals surface area contributed by atoms with Gasteiger partial charge in [-0.05, 0) is 18.2 Å². The van der Waals surface area contributed by atoms with Crippen LogP contribution in [-0.4, -0.2) is 13.1 Å². The van der Waals surface area contributed by atoms with Crippen LogP contribution in [0.4, 0.5) is 0 Å². The van der Waals surface area contributed by atoms with Gasteiger partial charge >= 0.3 is 5.97 Å². The van der Waals surface area contributed by atoms with Crippen molar-refractivity contribution < 1.29 is 13.9 Å². The molecule has 0 aliphatic rings. The lowest BCUT2D eigenvalue weighted by Crippen LogP contribution is -2.11. The van der Waals surface area contributed by atoms with Crippen LogP contribution in [0, 0.1) is 0 Å². The quantitative estimate of drug-likeness (QED) is 0.639. The maximum absolute atomic E-state index is 11.9. The third-order valence-corrected chi connectivity index (χ3v) is 2.84. The minimum atomic E-state index is -0.746. The summed E-state index contributed by atoms with van der Waals surface area (Å²) in [4.78, 5) is 23.2. The summed E-state index contributed by atoms with van der Waals surface area (Å²) in [5.41, 5.74) is -0.157. The second-order valence-corrected chi connectivity index (χ2v) is 4.12. The number of esters is 1. The average Bonchev–Trinajstić information content (AvgIpc) is 2.33. The molecule has 1 aromatic heterocycles. The Morgan fingerprint density at radius 3 is 2.82 bits per heavy atom. The van der Waals surface area contributed by atoms with Gasteiger partial charge in [0.2, 0.25) is 11.2 Å². The summed E-state index contributed by atoms with van der Waals surface area (Å²) in [6.07, 6.45) is 0. The number of rotatable bonds is 1. The lowest BCUT2D eigenvalue weighted by atomic mass is 10.2. The Hall–Kier alpha value is -1.46. The van der Waals surface area contributed by atoms with Crippen LogP contribution < -0.4 is 5.43 Å². The van der Waals surface area contributed by atoms with Crippen LogP contribution in [0.1, 0.15) is 10.6 Å². The molecule has 0 amide bonds. The lowest BCUT2D eigenvalue weighted by molar-refractivity contribution is 0.0559. The minimum Gasteiger partial charge on any atom is -0.463 e. The molecule has 0 aliphatic heterocycles. The molecule has 1 heterocycles. The second kappa shape index (κ2) is 4.43. The van der Waals surface area contributed by atoms with E-state index in [1.54, 1.807) is 6.07 Å². The van der Waals surface area contributed by atoms with Gasteiger partial charge in [0.15, 0.2) is 0 Å². The number of methoxy groups -OCH3 is 1. The highest BCUT2D eigenvalue weighted by molar-refractivity contribution is 7.80. The van der Waals surface area contributed by atoms with Crippen LogP contribution in [0.15, 0.2) is 32.3 Å². The average molecular weight is 271 g/mol. The van der Waals surface area contributed by atoms with Crippen molar-refractivity contribution in [3.05, 3.63) is 39.2 Å². The van der Waals surface area contributed by atoms with Crippen molar-refractivity contribution >= 4 is 41.2 Å². The van der Waals surface area contributed by atoms with Crippen LogP contribution in [0.25, 0.3) is 11.0 Å². The van der Waals surface area contributed by atoms with Gasteiger partial charge in [-0.2, -0.15) is 0 Å². The van der Waals surface area contributed by atoms with E-state index in [0.717, 1.165) is 0 Å². The van der Waals surface area contributed by atoms with E-state index >= 15 is 0 Å². The van der Waals surface area contributed by atoms with Gasteiger partial charge in [-0.1, -0.05) is 11.6 Å². The molecule has 0 unspecified atom stereocenters. The highest BCUT2D eigenvalue weighted by atomic mass is 35.5. The Bertz CT molecular complexity index is 662. The molecule has 0 saturated carbocycles. The van der Waals surface area contributed by atoms with Gasteiger partial charge < -0.3 is 9.15 Å². The molecule has 88 valence electrons. The Balaban J connectivity index is 2.84. The third kappa shape index (κ3) is 2.03. The first-order valence-electron chi connectivity index (χ1n) is 4.58. The van der Waals surface area contributed by atoms with Crippen LogP contribution in [0.5, 0.6) is 0 Å². The fourth-order valence-corrected chi connectivity index (χ4v) is 1.82. The number of ether oxygens (including phenoxy) is 1. The maximum atomic E-state index is 11.9. The summed E-state index contributed by atoms with van der Waals surface area (Å²) in [7, 11) is 1.20. The molecule has 4 nitrogen and oxygen atoms in total. The van der Waals surface area contributed by atoms with Crippen molar-refractivity contribution in [2.24, 2.45) is 0 Å². The molecule has 6 heteroatoms. The van der Waals surface area contributed by atoms with Crippen molar-refractivity contribution in [3.63, 3.8) is 0 Å². The molecule has 2 rings (SSSR count). The predicted octanol–water partition coefficient (Wildman–Crippen LogP) is 2.52. The van der Waals surface area contributed by atoms with Crippen molar-refractivity contribution in [1.29, 1.82) is 0 Å². The van der Waals surface area contributed by atoms with Gasteiger partial charge in [-0.15, -0.1) is 12.6 Å². The Morgan fingerprint density at radius 2 is 2.18 bits per heavy atom. The van der Waals surface area contributed by atoms with Crippen LogP contribution in [0.3, 0.4) is 0 Å². The first-order chi connectivity index (χ1) is 8.04. The molecule has 0 bridgehead atoms. The Labute approximate surface area is 107 Å². The zero-order valence-corrected chi connectivity index (χ0v) is 10.3. The molecule has 1 aromatic carbocycles. The Kier molecular flexibility index (Phi) is 3.13. The van der Waals surface area contributed by atoms with E-state index in [1.807, 2.05) is 0 Å². The number of carbonyl (C=O) groups excluding carboxylic acids is 1. The van der Waals surface area contributed by atoms with Crippen LogP contribution >= 0.6 is 24.2 Å². The van der Waals surface area contributed by atoms with E-state index in [9.17, 15) is 9.59 Å². The van der Waals surface area contributed by atoms with E-state index in [0.29, 0.717) is 5.02 Å². The fraction of sp³-hybridized carbons (Fsp3) is 0.0909. The highest BCUT2D eigenvalue weighted by Gasteiger charge is 2.18. The van der Waals surface area contributed by atoms with E-state index in [1.165, 1.54) is 19.2 Å². The first kappa shape index (κ1) is 12.0. The molecule has 0 saturated heterocycles. The fourth-order valence-electron chi connectivity index (χ4n) is 1.39. The number of carbonyl (C=O) groups is 1. The summed E-state index contributed by atoms with van der Waals surface area (Å²) in [6, 6.07) is 4.54.